The van der Waals surface area contributed by atoms with Crippen molar-refractivity contribution in [2.75, 3.05) is 34.2 Å². The van der Waals surface area contributed by atoms with Crippen LogP contribution in [0, 0.1) is 0 Å². The third-order valence-corrected chi connectivity index (χ3v) is 1.41. The van der Waals surface area contributed by atoms with E-state index in [1.54, 1.807) is 0 Å². The van der Waals surface area contributed by atoms with Gasteiger partial charge in [0.1, 0.15) is 6.29 Å². The summed E-state index contributed by atoms with van der Waals surface area (Å²) in [4.78, 5) is 4.00. The molecule has 4 heteroatoms. The highest BCUT2D eigenvalue weighted by Crippen LogP contribution is 1.82. The Balaban J connectivity index is 3.30. The van der Waals surface area contributed by atoms with Crippen LogP contribution < -0.4 is 11.5 Å². The predicted octanol–water partition coefficient (Wildman–Crippen LogP) is -1.32. The molecule has 0 amide bonds. The first-order chi connectivity index (χ1) is 4.54. The van der Waals surface area contributed by atoms with Crippen LogP contribution in [-0.2, 0) is 0 Å². The first kappa shape index (κ1) is 9.84. The molecular weight excluding hydrogens is 128 g/mol. The molecule has 62 valence electrons. The number of rotatable bonds is 4. The molecule has 0 atom stereocenters. The van der Waals surface area contributed by atoms with E-state index in [4.69, 9.17) is 11.5 Å². The maximum atomic E-state index is 5.41. The lowest BCUT2D eigenvalue weighted by Crippen LogP contribution is -2.48. The summed E-state index contributed by atoms with van der Waals surface area (Å²) >= 11 is 0. The Morgan fingerprint density at radius 2 is 1.60 bits per heavy atom. The van der Waals surface area contributed by atoms with E-state index in [9.17, 15) is 0 Å². The lowest BCUT2D eigenvalue weighted by molar-refractivity contribution is 0.225. The molecule has 10 heavy (non-hydrogen) atoms. The topological polar surface area (TPSA) is 58.5 Å². The molecule has 0 aliphatic rings. The van der Waals surface area contributed by atoms with Crippen molar-refractivity contribution in [3.8, 4) is 0 Å². The number of nitrogens with zero attached hydrogens (tertiary/aromatic N) is 2. The molecule has 0 radical (unpaired) electrons. The van der Waals surface area contributed by atoms with Crippen molar-refractivity contribution in [2.45, 2.75) is 6.29 Å². The lowest BCUT2D eigenvalue weighted by atomic mass is 10.5. The third-order valence-electron chi connectivity index (χ3n) is 1.41. The summed E-state index contributed by atoms with van der Waals surface area (Å²) in [6.45, 7) is 1.89. The van der Waals surface area contributed by atoms with Crippen molar-refractivity contribution in [1.29, 1.82) is 0 Å². The van der Waals surface area contributed by atoms with E-state index in [2.05, 4.69) is 4.90 Å². The molecule has 0 spiro atoms. The van der Waals surface area contributed by atoms with Gasteiger partial charge in [-0.1, -0.05) is 0 Å². The van der Waals surface area contributed by atoms with E-state index in [1.165, 1.54) is 0 Å². The van der Waals surface area contributed by atoms with Crippen LogP contribution in [0.3, 0.4) is 0 Å². The summed E-state index contributed by atoms with van der Waals surface area (Å²) in [6, 6.07) is 0. The Bertz CT molecular complexity index is 81.8. The summed E-state index contributed by atoms with van der Waals surface area (Å²) in [5.74, 6) is 0. The van der Waals surface area contributed by atoms with Crippen LogP contribution in [0.25, 0.3) is 0 Å². The zero-order chi connectivity index (χ0) is 8.15. The quantitative estimate of drug-likeness (QED) is 0.483. The first-order valence-corrected chi connectivity index (χ1v) is 3.40. The van der Waals surface area contributed by atoms with Gasteiger partial charge in [0.25, 0.3) is 0 Å². The van der Waals surface area contributed by atoms with Crippen molar-refractivity contribution in [2.24, 2.45) is 11.5 Å². The van der Waals surface area contributed by atoms with Crippen LogP contribution in [0.4, 0.5) is 0 Å². The molecule has 4 nitrogen and oxygen atoms in total. The number of hydrogen-bond acceptors (Lipinski definition) is 4. The summed E-state index contributed by atoms with van der Waals surface area (Å²) in [6.07, 6.45) is -0.333. The molecule has 0 saturated heterocycles. The van der Waals surface area contributed by atoms with Crippen molar-refractivity contribution < 1.29 is 0 Å². The predicted molar refractivity (Wildman–Crippen MR) is 43.3 cm³/mol. The van der Waals surface area contributed by atoms with Crippen LogP contribution in [0.2, 0.25) is 0 Å². The molecule has 0 aromatic carbocycles. The van der Waals surface area contributed by atoms with E-state index in [1.807, 2.05) is 26.0 Å². The van der Waals surface area contributed by atoms with Gasteiger partial charge in [-0.15, -0.1) is 0 Å². The minimum Gasteiger partial charge on any atom is -0.308 e. The fourth-order valence-electron chi connectivity index (χ4n) is 0.507. The Morgan fingerprint density at radius 1 is 1.10 bits per heavy atom. The SMILES string of the molecule is CN(C)CCN(C)C(N)N. The standard InChI is InChI=1S/C6H18N4/c1-9(2)4-5-10(3)6(7)8/h6H,4-5,7-8H2,1-3H3. The smallest absolute Gasteiger partial charge is 0.109 e. The van der Waals surface area contributed by atoms with E-state index >= 15 is 0 Å². The normalized spacial score (nSPS) is 12.0. The molecule has 0 heterocycles. The van der Waals surface area contributed by atoms with Crippen LogP contribution >= 0.6 is 0 Å². The van der Waals surface area contributed by atoms with Crippen molar-refractivity contribution in [1.82, 2.24) is 9.80 Å². The van der Waals surface area contributed by atoms with E-state index < -0.39 is 0 Å². The second-order valence-corrected chi connectivity index (χ2v) is 2.77. The zero-order valence-electron chi connectivity index (χ0n) is 7.04. The molecule has 0 saturated carbocycles. The maximum Gasteiger partial charge on any atom is 0.109 e. The van der Waals surface area contributed by atoms with Crippen molar-refractivity contribution in [3.05, 3.63) is 0 Å². The fraction of sp³-hybridized carbons (Fsp3) is 1.00. The molecule has 0 aromatic heterocycles. The Morgan fingerprint density at radius 3 is 1.90 bits per heavy atom. The summed E-state index contributed by atoms with van der Waals surface area (Å²) in [7, 11) is 5.96. The highest BCUT2D eigenvalue weighted by molar-refractivity contribution is 4.55. The van der Waals surface area contributed by atoms with Crippen LogP contribution in [0.5, 0.6) is 0 Å². The molecule has 4 N–H and O–H groups in total. The molecule has 0 aliphatic heterocycles. The third kappa shape index (κ3) is 4.69. The van der Waals surface area contributed by atoms with Gasteiger partial charge in [-0.3, -0.25) is 4.90 Å². The zero-order valence-corrected chi connectivity index (χ0v) is 7.04. The summed E-state index contributed by atoms with van der Waals surface area (Å²) in [5.41, 5.74) is 10.8. The van der Waals surface area contributed by atoms with Crippen molar-refractivity contribution >= 4 is 0 Å². The van der Waals surface area contributed by atoms with Gasteiger partial charge in [0.2, 0.25) is 0 Å². The first-order valence-electron chi connectivity index (χ1n) is 3.40. The number of hydrogen-bond donors (Lipinski definition) is 2. The molecule has 0 bridgehead atoms. The van der Waals surface area contributed by atoms with Crippen LogP contribution in [-0.4, -0.2) is 50.3 Å². The molecule has 0 aromatic rings. The Labute approximate surface area is 62.8 Å². The molecule has 0 fully saturated rings. The molecule has 0 unspecified atom stereocenters. The highest BCUT2D eigenvalue weighted by atomic mass is 15.3. The van der Waals surface area contributed by atoms with Crippen molar-refractivity contribution in [3.63, 3.8) is 0 Å². The number of likely N-dealkylation sites (N-methyl/N-ethyl adjacent to an activating group) is 2. The van der Waals surface area contributed by atoms with Gasteiger partial charge in [0.05, 0.1) is 0 Å². The summed E-state index contributed by atoms with van der Waals surface area (Å²) < 4.78 is 0. The molecular formula is C6H18N4. The minimum absolute atomic E-state index is 0.333. The lowest BCUT2D eigenvalue weighted by Gasteiger charge is -2.22. The van der Waals surface area contributed by atoms with E-state index in [0.29, 0.717) is 0 Å². The van der Waals surface area contributed by atoms with Gasteiger partial charge in [-0.2, -0.15) is 0 Å². The number of nitrogens with two attached hydrogens (primary N) is 2. The average molecular weight is 146 g/mol. The second-order valence-electron chi connectivity index (χ2n) is 2.77. The summed E-state index contributed by atoms with van der Waals surface area (Å²) in [5, 5.41) is 0. The van der Waals surface area contributed by atoms with Gasteiger partial charge in [-0.05, 0) is 21.1 Å². The maximum absolute atomic E-state index is 5.41. The Kier molecular flexibility index (Phi) is 4.55. The minimum atomic E-state index is -0.333. The largest absolute Gasteiger partial charge is 0.308 e. The monoisotopic (exact) mass is 146 g/mol. The molecule has 0 rings (SSSR count). The Hall–Kier alpha value is -0.160. The van der Waals surface area contributed by atoms with E-state index in [0.717, 1.165) is 13.1 Å². The van der Waals surface area contributed by atoms with Crippen LogP contribution in [0.15, 0.2) is 0 Å². The van der Waals surface area contributed by atoms with Gasteiger partial charge in [0, 0.05) is 13.1 Å². The van der Waals surface area contributed by atoms with Crippen LogP contribution in [0.1, 0.15) is 0 Å². The van der Waals surface area contributed by atoms with Gasteiger partial charge < -0.3 is 16.4 Å². The fourth-order valence-corrected chi connectivity index (χ4v) is 0.507. The van der Waals surface area contributed by atoms with Gasteiger partial charge >= 0.3 is 0 Å². The van der Waals surface area contributed by atoms with E-state index in [-0.39, 0.29) is 6.29 Å². The average Bonchev–Trinajstić information content (AvgIpc) is 1.82. The second kappa shape index (κ2) is 4.62. The van der Waals surface area contributed by atoms with Gasteiger partial charge in [0.15, 0.2) is 0 Å². The van der Waals surface area contributed by atoms with Gasteiger partial charge in [-0.25, -0.2) is 0 Å². The highest BCUT2D eigenvalue weighted by Gasteiger charge is 2.02. The molecule has 0 aliphatic carbocycles.